The molecule has 0 saturated heterocycles. The zero-order valence-corrected chi connectivity index (χ0v) is 12.1. The van der Waals surface area contributed by atoms with E-state index >= 15 is 0 Å². The summed E-state index contributed by atoms with van der Waals surface area (Å²) in [6.07, 6.45) is 0. The molecule has 0 saturated carbocycles. The third kappa shape index (κ3) is 3.91. The number of benzene rings is 2. The van der Waals surface area contributed by atoms with E-state index in [0.29, 0.717) is 22.4 Å². The largest absolute Gasteiger partial charge is 0.488 e. The number of ether oxygens (including phenoxy) is 1. The van der Waals surface area contributed by atoms with Gasteiger partial charge in [0.2, 0.25) is 0 Å². The first kappa shape index (κ1) is 14.7. The fourth-order valence-electron chi connectivity index (χ4n) is 1.62. The Hall–Kier alpha value is -1.66. The first-order chi connectivity index (χ1) is 9.70. The van der Waals surface area contributed by atoms with Gasteiger partial charge in [0.15, 0.2) is 0 Å². The molecule has 2 nitrogen and oxygen atoms in total. The van der Waals surface area contributed by atoms with E-state index in [1.807, 2.05) is 30.3 Å². The predicted molar refractivity (Wildman–Crippen MR) is 81.2 cm³/mol. The highest BCUT2D eigenvalue weighted by atomic mass is 35.5. The number of para-hydroxylation sites is 1. The second-order valence-corrected chi connectivity index (χ2v) is 4.81. The molecular formula is C16H12Cl2O2. The standard InChI is InChI=1S/C16H12Cl2O2/c17-14-8-7-12(10-15(14)18)11-20-16-6-2-1-4-13(16)5-3-9-19/h1-2,4,6-8,10,19H,9,11H2. The fourth-order valence-corrected chi connectivity index (χ4v) is 1.94. The molecule has 0 aliphatic carbocycles. The Bertz CT molecular complexity index is 657. The van der Waals surface area contributed by atoms with Gasteiger partial charge in [-0.25, -0.2) is 0 Å². The summed E-state index contributed by atoms with van der Waals surface area (Å²) >= 11 is 11.8. The van der Waals surface area contributed by atoms with Gasteiger partial charge >= 0.3 is 0 Å². The Morgan fingerprint density at radius 2 is 1.85 bits per heavy atom. The maximum atomic E-state index is 8.74. The van der Waals surface area contributed by atoms with Gasteiger partial charge in [-0.2, -0.15) is 0 Å². The Morgan fingerprint density at radius 1 is 1.05 bits per heavy atom. The van der Waals surface area contributed by atoms with Crippen molar-refractivity contribution in [2.24, 2.45) is 0 Å². The van der Waals surface area contributed by atoms with Gasteiger partial charge in [0.1, 0.15) is 19.0 Å². The molecule has 2 aromatic carbocycles. The molecule has 0 fully saturated rings. The van der Waals surface area contributed by atoms with Crippen molar-refractivity contribution in [1.82, 2.24) is 0 Å². The molecule has 0 unspecified atom stereocenters. The minimum absolute atomic E-state index is 0.179. The van der Waals surface area contributed by atoms with E-state index in [4.69, 9.17) is 33.0 Å². The third-order valence-electron chi connectivity index (χ3n) is 2.57. The maximum Gasteiger partial charge on any atom is 0.135 e. The van der Waals surface area contributed by atoms with E-state index in [0.717, 1.165) is 11.1 Å². The van der Waals surface area contributed by atoms with E-state index in [1.54, 1.807) is 12.1 Å². The molecule has 2 rings (SSSR count). The average Bonchev–Trinajstić information content (AvgIpc) is 2.47. The highest BCUT2D eigenvalue weighted by Gasteiger charge is 2.03. The van der Waals surface area contributed by atoms with Crippen molar-refractivity contribution in [1.29, 1.82) is 0 Å². The normalized spacial score (nSPS) is 9.75. The molecule has 0 heterocycles. The molecular weight excluding hydrogens is 295 g/mol. The molecule has 0 aromatic heterocycles. The highest BCUT2D eigenvalue weighted by Crippen LogP contribution is 2.24. The van der Waals surface area contributed by atoms with Gasteiger partial charge in [-0.05, 0) is 29.8 Å². The van der Waals surface area contributed by atoms with Gasteiger partial charge in [0.05, 0.1) is 15.6 Å². The van der Waals surface area contributed by atoms with Crippen molar-refractivity contribution in [3.05, 3.63) is 63.6 Å². The van der Waals surface area contributed by atoms with Gasteiger partial charge in [-0.1, -0.05) is 53.2 Å². The average molecular weight is 307 g/mol. The topological polar surface area (TPSA) is 29.5 Å². The first-order valence-corrected chi connectivity index (χ1v) is 6.72. The van der Waals surface area contributed by atoms with Crippen LogP contribution in [0.4, 0.5) is 0 Å². The monoisotopic (exact) mass is 306 g/mol. The van der Waals surface area contributed by atoms with Crippen LogP contribution >= 0.6 is 23.2 Å². The van der Waals surface area contributed by atoms with Crippen LogP contribution in [0.2, 0.25) is 10.0 Å². The lowest BCUT2D eigenvalue weighted by Crippen LogP contribution is -1.97. The summed E-state index contributed by atoms with van der Waals surface area (Å²) in [6.45, 7) is 0.190. The summed E-state index contributed by atoms with van der Waals surface area (Å²) in [5.74, 6) is 6.12. The summed E-state index contributed by atoms with van der Waals surface area (Å²) in [7, 11) is 0. The van der Waals surface area contributed by atoms with Gasteiger partial charge < -0.3 is 9.84 Å². The second-order valence-electron chi connectivity index (χ2n) is 3.99. The van der Waals surface area contributed by atoms with E-state index in [1.165, 1.54) is 0 Å². The Kier molecular flexibility index (Phi) is 5.31. The summed E-state index contributed by atoms with van der Waals surface area (Å²) in [4.78, 5) is 0. The zero-order valence-electron chi connectivity index (χ0n) is 10.6. The van der Waals surface area contributed by atoms with Crippen LogP contribution in [0, 0.1) is 11.8 Å². The molecule has 0 aliphatic heterocycles. The molecule has 4 heteroatoms. The number of aliphatic hydroxyl groups excluding tert-OH is 1. The quantitative estimate of drug-likeness (QED) is 0.871. The minimum atomic E-state index is -0.179. The van der Waals surface area contributed by atoms with Crippen LogP contribution in [-0.4, -0.2) is 11.7 Å². The predicted octanol–water partition coefficient (Wildman–Crippen LogP) is 3.92. The second kappa shape index (κ2) is 7.21. The molecule has 102 valence electrons. The Balaban J connectivity index is 2.12. The first-order valence-electron chi connectivity index (χ1n) is 5.96. The van der Waals surface area contributed by atoms with Gasteiger partial charge in [-0.15, -0.1) is 0 Å². The minimum Gasteiger partial charge on any atom is -0.488 e. The molecule has 0 aliphatic rings. The molecule has 0 spiro atoms. The van der Waals surface area contributed by atoms with Crippen molar-refractivity contribution in [2.45, 2.75) is 6.61 Å². The number of rotatable bonds is 3. The number of hydrogen-bond donors (Lipinski definition) is 1. The zero-order chi connectivity index (χ0) is 14.4. The van der Waals surface area contributed by atoms with Gasteiger partial charge in [-0.3, -0.25) is 0 Å². The lowest BCUT2D eigenvalue weighted by atomic mass is 10.2. The Morgan fingerprint density at radius 3 is 2.60 bits per heavy atom. The lowest BCUT2D eigenvalue weighted by molar-refractivity contribution is 0.305. The maximum absolute atomic E-state index is 8.74. The van der Waals surface area contributed by atoms with Crippen molar-refractivity contribution < 1.29 is 9.84 Å². The number of halogens is 2. The van der Waals surface area contributed by atoms with E-state index in [2.05, 4.69) is 11.8 Å². The smallest absolute Gasteiger partial charge is 0.135 e. The van der Waals surface area contributed by atoms with Crippen LogP contribution in [0.15, 0.2) is 42.5 Å². The summed E-state index contributed by atoms with van der Waals surface area (Å²) in [5.41, 5.74) is 1.66. The van der Waals surface area contributed by atoms with Gasteiger partial charge in [0, 0.05) is 0 Å². The van der Waals surface area contributed by atoms with Crippen LogP contribution in [0.1, 0.15) is 11.1 Å². The Labute approximate surface area is 127 Å². The van der Waals surface area contributed by atoms with Crippen LogP contribution < -0.4 is 4.74 Å². The molecule has 2 aromatic rings. The third-order valence-corrected chi connectivity index (χ3v) is 3.31. The van der Waals surface area contributed by atoms with Gasteiger partial charge in [0.25, 0.3) is 0 Å². The van der Waals surface area contributed by atoms with Crippen molar-refractivity contribution >= 4 is 23.2 Å². The molecule has 0 amide bonds. The molecule has 0 radical (unpaired) electrons. The van der Waals surface area contributed by atoms with Crippen LogP contribution in [0.5, 0.6) is 5.75 Å². The van der Waals surface area contributed by atoms with E-state index in [9.17, 15) is 0 Å². The summed E-state index contributed by atoms with van der Waals surface area (Å²) < 4.78 is 5.73. The number of aliphatic hydroxyl groups is 1. The molecule has 0 bridgehead atoms. The lowest BCUT2D eigenvalue weighted by Gasteiger charge is -2.09. The highest BCUT2D eigenvalue weighted by molar-refractivity contribution is 6.42. The number of hydrogen-bond acceptors (Lipinski definition) is 2. The van der Waals surface area contributed by atoms with E-state index < -0.39 is 0 Å². The fraction of sp³-hybridized carbons (Fsp3) is 0.125. The molecule has 1 N–H and O–H groups in total. The van der Waals surface area contributed by atoms with Crippen molar-refractivity contribution in [3.8, 4) is 17.6 Å². The SMILES string of the molecule is OCC#Cc1ccccc1OCc1ccc(Cl)c(Cl)c1. The van der Waals surface area contributed by atoms with Crippen LogP contribution in [0.25, 0.3) is 0 Å². The molecule has 20 heavy (non-hydrogen) atoms. The summed E-state index contributed by atoms with van der Waals surface area (Å²) in [5, 5.41) is 9.76. The van der Waals surface area contributed by atoms with Crippen molar-refractivity contribution in [3.63, 3.8) is 0 Å². The van der Waals surface area contributed by atoms with Crippen molar-refractivity contribution in [2.75, 3.05) is 6.61 Å². The molecule has 0 atom stereocenters. The van der Waals surface area contributed by atoms with E-state index in [-0.39, 0.29) is 6.61 Å². The summed E-state index contributed by atoms with van der Waals surface area (Å²) in [6, 6.07) is 12.8. The van der Waals surface area contributed by atoms with Crippen LogP contribution in [0.3, 0.4) is 0 Å². The van der Waals surface area contributed by atoms with Crippen LogP contribution in [-0.2, 0) is 6.61 Å².